The minimum absolute atomic E-state index is 0.183. The second-order valence-electron chi connectivity index (χ2n) is 4.94. The SMILES string of the molecule is COC(=O)C(CN(C)C1CCOC1)c1ccccc1. The Labute approximate surface area is 114 Å². The van der Waals surface area contributed by atoms with Gasteiger partial charge in [-0.15, -0.1) is 0 Å². The van der Waals surface area contributed by atoms with Gasteiger partial charge in [-0.2, -0.15) is 0 Å². The van der Waals surface area contributed by atoms with Crippen molar-refractivity contribution in [3.63, 3.8) is 0 Å². The van der Waals surface area contributed by atoms with Crippen LogP contribution in [0.2, 0.25) is 0 Å². The van der Waals surface area contributed by atoms with E-state index in [4.69, 9.17) is 9.47 Å². The van der Waals surface area contributed by atoms with Gasteiger partial charge in [0.2, 0.25) is 0 Å². The smallest absolute Gasteiger partial charge is 0.314 e. The fourth-order valence-corrected chi connectivity index (χ4v) is 2.45. The van der Waals surface area contributed by atoms with E-state index in [1.165, 1.54) is 7.11 Å². The average molecular weight is 263 g/mol. The molecule has 0 N–H and O–H groups in total. The fourth-order valence-electron chi connectivity index (χ4n) is 2.45. The molecule has 1 aromatic rings. The number of likely N-dealkylation sites (N-methyl/N-ethyl adjacent to an activating group) is 1. The maximum atomic E-state index is 12.0. The van der Waals surface area contributed by atoms with Crippen molar-refractivity contribution in [2.75, 3.05) is 33.9 Å². The van der Waals surface area contributed by atoms with E-state index in [9.17, 15) is 4.79 Å². The predicted octanol–water partition coefficient (Wildman–Crippen LogP) is 1.66. The van der Waals surface area contributed by atoms with Crippen LogP contribution in [0.1, 0.15) is 17.9 Å². The number of esters is 1. The normalized spacial score (nSPS) is 20.5. The Balaban J connectivity index is 2.08. The number of nitrogens with zero attached hydrogens (tertiary/aromatic N) is 1. The Morgan fingerprint density at radius 3 is 2.79 bits per heavy atom. The first kappa shape index (κ1) is 14.0. The molecule has 104 valence electrons. The third-order valence-electron chi connectivity index (χ3n) is 3.69. The molecule has 0 bridgehead atoms. The second-order valence-corrected chi connectivity index (χ2v) is 4.94. The van der Waals surface area contributed by atoms with Crippen LogP contribution in [0.15, 0.2) is 30.3 Å². The molecule has 0 amide bonds. The Morgan fingerprint density at radius 1 is 1.47 bits per heavy atom. The van der Waals surface area contributed by atoms with Crippen LogP contribution in [-0.2, 0) is 14.3 Å². The Bertz CT molecular complexity index is 401. The van der Waals surface area contributed by atoms with Crippen LogP contribution in [0.25, 0.3) is 0 Å². The monoisotopic (exact) mass is 263 g/mol. The standard InChI is InChI=1S/C15H21NO3/c1-16(13-8-9-19-11-13)10-14(15(17)18-2)12-6-4-3-5-7-12/h3-7,13-14H,8-11H2,1-2H3. The molecule has 2 atom stereocenters. The highest BCUT2D eigenvalue weighted by Crippen LogP contribution is 2.21. The third-order valence-corrected chi connectivity index (χ3v) is 3.69. The van der Waals surface area contributed by atoms with Gasteiger partial charge in [-0.3, -0.25) is 9.69 Å². The third kappa shape index (κ3) is 3.55. The topological polar surface area (TPSA) is 38.8 Å². The first-order valence-corrected chi connectivity index (χ1v) is 6.63. The lowest BCUT2D eigenvalue weighted by Gasteiger charge is -2.27. The molecule has 0 spiro atoms. The van der Waals surface area contributed by atoms with Crippen molar-refractivity contribution in [3.8, 4) is 0 Å². The molecule has 1 saturated heterocycles. The summed E-state index contributed by atoms with van der Waals surface area (Å²) < 4.78 is 10.3. The van der Waals surface area contributed by atoms with E-state index in [1.807, 2.05) is 37.4 Å². The predicted molar refractivity (Wildman–Crippen MR) is 73.1 cm³/mol. The molecule has 1 heterocycles. The molecule has 2 rings (SSSR count). The molecule has 0 aliphatic carbocycles. The second kappa shape index (κ2) is 6.68. The lowest BCUT2D eigenvalue weighted by Crippen LogP contribution is -2.37. The van der Waals surface area contributed by atoms with Gasteiger partial charge in [-0.25, -0.2) is 0 Å². The van der Waals surface area contributed by atoms with E-state index >= 15 is 0 Å². The summed E-state index contributed by atoms with van der Waals surface area (Å²) in [6.07, 6.45) is 1.03. The number of rotatable bonds is 5. The van der Waals surface area contributed by atoms with Gasteiger partial charge in [0.15, 0.2) is 0 Å². The maximum Gasteiger partial charge on any atom is 0.314 e. The quantitative estimate of drug-likeness (QED) is 0.757. The number of hydrogen-bond acceptors (Lipinski definition) is 4. The lowest BCUT2D eigenvalue weighted by molar-refractivity contribution is -0.143. The maximum absolute atomic E-state index is 12.0. The molecule has 19 heavy (non-hydrogen) atoms. The van der Waals surface area contributed by atoms with Crippen LogP contribution >= 0.6 is 0 Å². The van der Waals surface area contributed by atoms with E-state index in [1.54, 1.807) is 0 Å². The minimum Gasteiger partial charge on any atom is -0.469 e. The summed E-state index contributed by atoms with van der Waals surface area (Å²) in [4.78, 5) is 14.2. The number of benzene rings is 1. The summed E-state index contributed by atoms with van der Waals surface area (Å²) >= 11 is 0. The zero-order chi connectivity index (χ0) is 13.7. The minimum atomic E-state index is -0.239. The molecular weight excluding hydrogens is 242 g/mol. The van der Waals surface area contributed by atoms with Crippen LogP contribution in [0.4, 0.5) is 0 Å². The highest BCUT2D eigenvalue weighted by atomic mass is 16.5. The van der Waals surface area contributed by atoms with Gasteiger partial charge in [0, 0.05) is 19.2 Å². The average Bonchev–Trinajstić information content (AvgIpc) is 2.99. The summed E-state index contributed by atoms with van der Waals surface area (Å²) in [6, 6.07) is 10.2. The number of ether oxygens (including phenoxy) is 2. The van der Waals surface area contributed by atoms with Crippen molar-refractivity contribution in [2.24, 2.45) is 0 Å². The van der Waals surface area contributed by atoms with E-state index in [-0.39, 0.29) is 11.9 Å². The molecule has 1 fully saturated rings. The van der Waals surface area contributed by atoms with Crippen LogP contribution in [0.3, 0.4) is 0 Å². The molecule has 2 unspecified atom stereocenters. The van der Waals surface area contributed by atoms with Gasteiger partial charge in [0.05, 0.1) is 19.6 Å². The molecule has 4 nitrogen and oxygen atoms in total. The van der Waals surface area contributed by atoms with Crippen LogP contribution in [0, 0.1) is 0 Å². The van der Waals surface area contributed by atoms with Crippen molar-refractivity contribution < 1.29 is 14.3 Å². The van der Waals surface area contributed by atoms with Gasteiger partial charge < -0.3 is 9.47 Å². The van der Waals surface area contributed by atoms with Gasteiger partial charge in [-0.1, -0.05) is 30.3 Å². The molecular formula is C15H21NO3. The molecule has 1 aromatic carbocycles. The van der Waals surface area contributed by atoms with Crippen LogP contribution in [0.5, 0.6) is 0 Å². The summed E-state index contributed by atoms with van der Waals surface area (Å²) in [6.45, 7) is 2.22. The molecule has 1 aliphatic rings. The summed E-state index contributed by atoms with van der Waals surface area (Å²) in [5.41, 5.74) is 1.00. The van der Waals surface area contributed by atoms with Gasteiger partial charge in [-0.05, 0) is 19.0 Å². The highest BCUT2D eigenvalue weighted by Gasteiger charge is 2.27. The van der Waals surface area contributed by atoms with E-state index in [0.717, 1.165) is 25.2 Å². The largest absolute Gasteiger partial charge is 0.469 e. The molecule has 1 aliphatic heterocycles. The van der Waals surface area contributed by atoms with Gasteiger partial charge >= 0.3 is 5.97 Å². The summed E-state index contributed by atoms with van der Waals surface area (Å²) in [5, 5.41) is 0. The van der Waals surface area contributed by atoms with Gasteiger partial charge in [0.1, 0.15) is 0 Å². The molecule has 0 radical (unpaired) electrons. The lowest BCUT2D eigenvalue weighted by atomic mass is 9.98. The zero-order valence-electron chi connectivity index (χ0n) is 11.5. The van der Waals surface area contributed by atoms with Gasteiger partial charge in [0.25, 0.3) is 0 Å². The summed E-state index contributed by atoms with van der Waals surface area (Å²) in [7, 11) is 3.48. The Morgan fingerprint density at radius 2 is 2.21 bits per heavy atom. The first-order chi connectivity index (χ1) is 9.22. The zero-order valence-corrected chi connectivity index (χ0v) is 11.5. The van der Waals surface area contributed by atoms with E-state index in [2.05, 4.69) is 4.90 Å². The summed E-state index contributed by atoms with van der Waals surface area (Å²) in [5.74, 6) is -0.422. The fraction of sp³-hybridized carbons (Fsp3) is 0.533. The number of hydrogen-bond donors (Lipinski definition) is 0. The number of carbonyl (C=O) groups is 1. The molecule has 0 saturated carbocycles. The molecule has 0 aromatic heterocycles. The van der Waals surface area contributed by atoms with Crippen molar-refractivity contribution >= 4 is 5.97 Å². The Kier molecular flexibility index (Phi) is 4.93. The van der Waals surface area contributed by atoms with E-state index < -0.39 is 0 Å². The van der Waals surface area contributed by atoms with Crippen LogP contribution < -0.4 is 0 Å². The highest BCUT2D eigenvalue weighted by molar-refractivity contribution is 5.78. The van der Waals surface area contributed by atoms with Crippen LogP contribution in [-0.4, -0.2) is 50.8 Å². The number of carbonyl (C=O) groups excluding carboxylic acids is 1. The number of methoxy groups -OCH3 is 1. The van der Waals surface area contributed by atoms with Crippen molar-refractivity contribution in [3.05, 3.63) is 35.9 Å². The van der Waals surface area contributed by atoms with E-state index in [0.29, 0.717) is 12.6 Å². The molecule has 4 heteroatoms. The first-order valence-electron chi connectivity index (χ1n) is 6.63. The van der Waals surface area contributed by atoms with Crippen molar-refractivity contribution in [1.29, 1.82) is 0 Å². The van der Waals surface area contributed by atoms with Crippen molar-refractivity contribution in [1.82, 2.24) is 4.90 Å². The Hall–Kier alpha value is -1.39. The van der Waals surface area contributed by atoms with Crippen molar-refractivity contribution in [2.45, 2.75) is 18.4 Å².